The van der Waals surface area contributed by atoms with Gasteiger partial charge >= 0.3 is 5.13 Å². The van der Waals surface area contributed by atoms with Crippen LogP contribution in [-0.2, 0) is 6.54 Å². The van der Waals surface area contributed by atoms with Gasteiger partial charge in [-0.25, -0.2) is 9.88 Å². The van der Waals surface area contributed by atoms with Crippen LogP contribution in [0.15, 0.2) is 60.5 Å². The molecule has 0 unspecified atom stereocenters. The summed E-state index contributed by atoms with van der Waals surface area (Å²) < 4.78 is 7.51. The van der Waals surface area contributed by atoms with E-state index in [-0.39, 0.29) is 0 Å². The van der Waals surface area contributed by atoms with Crippen molar-refractivity contribution in [2.45, 2.75) is 20.4 Å². The highest BCUT2D eigenvalue weighted by Crippen LogP contribution is 2.28. The van der Waals surface area contributed by atoms with E-state index >= 15 is 0 Å². The van der Waals surface area contributed by atoms with E-state index in [1.807, 2.05) is 18.2 Å². The number of rotatable bonds is 6. The summed E-state index contributed by atoms with van der Waals surface area (Å²) in [6, 6.07) is 14.5. The first-order valence-electron chi connectivity index (χ1n) is 8.24. The van der Waals surface area contributed by atoms with Gasteiger partial charge in [-0.05, 0) is 55.3 Å². The number of hydrogen-bond acceptors (Lipinski definition) is 3. The third-order valence-electron chi connectivity index (χ3n) is 4.36. The zero-order valence-corrected chi connectivity index (χ0v) is 15.7. The van der Waals surface area contributed by atoms with Crippen LogP contribution >= 0.6 is 11.3 Å². The Kier molecular flexibility index (Phi) is 5.19. The summed E-state index contributed by atoms with van der Waals surface area (Å²) in [5.41, 5.74) is 6.02. The topological polar surface area (TPSA) is 25.1 Å². The molecule has 4 heteroatoms. The molecular weight excluding hydrogens is 328 g/mol. The maximum Gasteiger partial charge on any atom is 0.339 e. The third kappa shape index (κ3) is 3.59. The highest BCUT2D eigenvalue weighted by Gasteiger charge is 2.19. The number of hydrogen-bond donors (Lipinski definition) is 1. The Balaban J connectivity index is 1.99. The van der Waals surface area contributed by atoms with Crippen LogP contribution in [-0.4, -0.2) is 7.11 Å². The zero-order valence-electron chi connectivity index (χ0n) is 14.9. The largest absolute Gasteiger partial charge is 0.497 e. The first-order chi connectivity index (χ1) is 12.1. The summed E-state index contributed by atoms with van der Waals surface area (Å²) in [5.74, 6) is 0.864. The molecule has 3 aromatic rings. The average Bonchev–Trinajstić information content (AvgIpc) is 3.02. The smallest absolute Gasteiger partial charge is 0.339 e. The lowest BCUT2D eigenvalue weighted by atomic mass is 10.1. The molecular formula is C21H23N2OS+. The van der Waals surface area contributed by atoms with E-state index in [1.165, 1.54) is 16.8 Å². The number of anilines is 2. The number of thiazole rings is 1. The van der Waals surface area contributed by atoms with Crippen molar-refractivity contribution in [2.24, 2.45) is 0 Å². The van der Waals surface area contributed by atoms with Crippen LogP contribution in [0.3, 0.4) is 0 Å². The molecule has 0 radical (unpaired) electrons. The molecule has 0 amide bonds. The molecule has 0 saturated heterocycles. The average molecular weight is 351 g/mol. The zero-order chi connectivity index (χ0) is 17.8. The molecule has 25 heavy (non-hydrogen) atoms. The van der Waals surface area contributed by atoms with Crippen molar-refractivity contribution in [1.29, 1.82) is 0 Å². The monoisotopic (exact) mass is 351 g/mol. The van der Waals surface area contributed by atoms with Gasteiger partial charge in [0.15, 0.2) is 0 Å². The summed E-state index contributed by atoms with van der Waals surface area (Å²) >= 11 is 1.70. The summed E-state index contributed by atoms with van der Waals surface area (Å²) in [7, 11) is 1.68. The second kappa shape index (κ2) is 7.53. The van der Waals surface area contributed by atoms with Crippen LogP contribution in [0.1, 0.15) is 11.1 Å². The molecule has 0 aliphatic rings. The normalized spacial score (nSPS) is 10.5. The lowest BCUT2D eigenvalue weighted by Gasteiger charge is -2.07. The van der Waals surface area contributed by atoms with E-state index in [1.54, 1.807) is 18.4 Å². The minimum absolute atomic E-state index is 0.748. The number of ether oxygens (including phenoxy) is 1. The van der Waals surface area contributed by atoms with Gasteiger partial charge in [0.05, 0.1) is 7.11 Å². The second-order valence-electron chi connectivity index (χ2n) is 5.93. The summed E-state index contributed by atoms with van der Waals surface area (Å²) in [6.07, 6.45) is 1.92. The molecule has 0 bridgehead atoms. The number of aryl methyl sites for hydroxylation is 1. The Labute approximate surface area is 153 Å². The first-order valence-corrected chi connectivity index (χ1v) is 9.12. The van der Waals surface area contributed by atoms with Crippen LogP contribution in [0.2, 0.25) is 0 Å². The highest BCUT2D eigenvalue weighted by molar-refractivity contribution is 7.13. The van der Waals surface area contributed by atoms with Gasteiger partial charge in [0.2, 0.25) is 0 Å². The molecule has 2 aromatic carbocycles. The van der Waals surface area contributed by atoms with E-state index in [9.17, 15) is 0 Å². The second-order valence-corrected chi connectivity index (χ2v) is 6.78. The van der Waals surface area contributed by atoms with Gasteiger partial charge in [0, 0.05) is 10.9 Å². The maximum atomic E-state index is 5.26. The Morgan fingerprint density at radius 1 is 1.16 bits per heavy atom. The van der Waals surface area contributed by atoms with Gasteiger partial charge in [-0.2, -0.15) is 0 Å². The molecule has 1 N–H and O–H groups in total. The molecule has 0 saturated carbocycles. The van der Waals surface area contributed by atoms with Gasteiger partial charge in [-0.3, -0.25) is 0 Å². The number of benzene rings is 2. The van der Waals surface area contributed by atoms with Crippen molar-refractivity contribution >= 4 is 22.2 Å². The van der Waals surface area contributed by atoms with E-state index < -0.39 is 0 Å². The SMILES string of the molecule is C=CC[n+]1c(-c2ccc(OC)cc2)csc1Nc1cccc(C)c1C. The fraction of sp³-hybridized carbons (Fsp3) is 0.190. The molecule has 0 spiro atoms. The van der Waals surface area contributed by atoms with Crippen molar-refractivity contribution in [3.63, 3.8) is 0 Å². The standard InChI is InChI=1S/C21H22N2OS/c1-5-13-23-20(17-9-11-18(24-4)12-10-17)14-25-21(23)22-19-8-6-7-15(2)16(19)3/h5-12,14H,1,13H2,2-4H3/p+1. The van der Waals surface area contributed by atoms with Crippen molar-refractivity contribution < 1.29 is 9.30 Å². The molecule has 1 heterocycles. The van der Waals surface area contributed by atoms with Crippen LogP contribution < -0.4 is 14.6 Å². The summed E-state index contributed by atoms with van der Waals surface area (Å²) in [6.45, 7) is 8.94. The Hall–Kier alpha value is -2.59. The third-order valence-corrected chi connectivity index (χ3v) is 5.25. The van der Waals surface area contributed by atoms with E-state index in [0.29, 0.717) is 0 Å². The number of aromatic nitrogens is 1. The van der Waals surface area contributed by atoms with E-state index in [0.717, 1.165) is 28.7 Å². The van der Waals surface area contributed by atoms with Gasteiger partial charge in [0.1, 0.15) is 23.7 Å². The quantitative estimate of drug-likeness (QED) is 0.484. The van der Waals surface area contributed by atoms with Crippen LogP contribution in [0.25, 0.3) is 11.3 Å². The van der Waals surface area contributed by atoms with Gasteiger partial charge in [0.25, 0.3) is 0 Å². The number of nitrogens with one attached hydrogen (secondary N) is 1. The fourth-order valence-electron chi connectivity index (χ4n) is 2.74. The molecule has 1 aromatic heterocycles. The lowest BCUT2D eigenvalue weighted by Crippen LogP contribution is -2.35. The molecule has 0 fully saturated rings. The molecule has 128 valence electrons. The van der Waals surface area contributed by atoms with Crippen LogP contribution in [0.4, 0.5) is 10.8 Å². The number of allylic oxidation sites excluding steroid dienone is 1. The van der Waals surface area contributed by atoms with Gasteiger partial charge < -0.3 is 4.74 Å². The molecule has 3 rings (SSSR count). The fourth-order valence-corrected chi connectivity index (χ4v) is 3.70. The van der Waals surface area contributed by atoms with Gasteiger partial charge in [-0.15, -0.1) is 0 Å². The summed E-state index contributed by atoms with van der Waals surface area (Å²) in [5, 5.41) is 6.86. The molecule has 0 aliphatic heterocycles. The van der Waals surface area contributed by atoms with Crippen LogP contribution in [0.5, 0.6) is 5.75 Å². The molecule has 0 aliphatic carbocycles. The number of nitrogens with zero attached hydrogens (tertiary/aromatic N) is 1. The molecule has 3 nitrogen and oxygen atoms in total. The predicted molar refractivity (Wildman–Crippen MR) is 106 cm³/mol. The minimum atomic E-state index is 0.748. The number of methoxy groups -OCH3 is 1. The lowest BCUT2D eigenvalue weighted by molar-refractivity contribution is -0.657. The maximum absolute atomic E-state index is 5.26. The Morgan fingerprint density at radius 2 is 1.92 bits per heavy atom. The van der Waals surface area contributed by atoms with Crippen molar-refractivity contribution in [3.8, 4) is 17.0 Å². The first kappa shape index (κ1) is 17.2. The predicted octanol–water partition coefficient (Wildman–Crippen LogP) is 5.26. The van der Waals surface area contributed by atoms with E-state index in [2.05, 4.69) is 66.0 Å². The highest BCUT2D eigenvalue weighted by atomic mass is 32.1. The van der Waals surface area contributed by atoms with Crippen molar-refractivity contribution in [1.82, 2.24) is 0 Å². The minimum Gasteiger partial charge on any atom is -0.497 e. The van der Waals surface area contributed by atoms with Crippen LogP contribution in [0, 0.1) is 13.8 Å². The molecule has 0 atom stereocenters. The van der Waals surface area contributed by atoms with Gasteiger partial charge in [-0.1, -0.05) is 36.1 Å². The van der Waals surface area contributed by atoms with Crippen molar-refractivity contribution in [3.05, 3.63) is 71.6 Å². The Morgan fingerprint density at radius 3 is 2.60 bits per heavy atom. The Bertz CT molecular complexity index is 881. The summed E-state index contributed by atoms with van der Waals surface area (Å²) in [4.78, 5) is 0. The van der Waals surface area contributed by atoms with E-state index in [4.69, 9.17) is 4.74 Å². The van der Waals surface area contributed by atoms with Crippen molar-refractivity contribution in [2.75, 3.05) is 12.4 Å².